The number of thioether (sulfide) groups is 1. The molecule has 8 nitrogen and oxygen atoms in total. The molecule has 1 atom stereocenters. The van der Waals surface area contributed by atoms with Crippen molar-refractivity contribution in [2.24, 2.45) is 0 Å². The van der Waals surface area contributed by atoms with Crippen molar-refractivity contribution in [2.75, 3.05) is 23.5 Å². The number of benzene rings is 3. The number of fused-ring (bicyclic) bond motifs is 1. The molecule has 1 amide bonds. The first kappa shape index (κ1) is 32.1. The third-order valence-electron chi connectivity index (χ3n) is 7.52. The summed E-state index contributed by atoms with van der Waals surface area (Å²) in [6, 6.07) is 17.2. The number of ether oxygens (including phenoxy) is 2. The van der Waals surface area contributed by atoms with Crippen LogP contribution in [0, 0.1) is 13.8 Å². The number of aromatic nitrogens is 3. The lowest BCUT2D eigenvalue weighted by atomic mass is 9.94. The average molecular weight is 742 g/mol. The number of hydrogen-bond donors (Lipinski definition) is 2. The molecule has 3 aromatic carbocycles. The Morgan fingerprint density at radius 1 is 1.11 bits per heavy atom. The number of amides is 1. The van der Waals surface area contributed by atoms with Crippen molar-refractivity contribution >= 4 is 61.2 Å². The van der Waals surface area contributed by atoms with Crippen molar-refractivity contribution in [3.8, 4) is 11.5 Å². The largest absolute Gasteiger partial charge is 0.493 e. The zero-order chi connectivity index (χ0) is 31.4. The molecule has 1 aliphatic heterocycles. The second-order valence-corrected chi connectivity index (χ2v) is 13.4. The summed E-state index contributed by atoms with van der Waals surface area (Å²) in [4.78, 5) is 18.9. The first-order valence-electron chi connectivity index (χ1n) is 14.4. The van der Waals surface area contributed by atoms with Gasteiger partial charge < -0.3 is 20.1 Å². The van der Waals surface area contributed by atoms with Gasteiger partial charge in [0.15, 0.2) is 11.5 Å². The molecule has 44 heavy (non-hydrogen) atoms. The molecule has 0 spiro atoms. The molecule has 1 unspecified atom stereocenters. The molecular weight excluding hydrogens is 706 g/mol. The summed E-state index contributed by atoms with van der Waals surface area (Å²) in [6.45, 7) is 8.46. The molecule has 0 bridgehead atoms. The molecule has 0 saturated carbocycles. The van der Waals surface area contributed by atoms with Gasteiger partial charge in [0.05, 0.1) is 17.2 Å². The number of anilines is 2. The highest BCUT2D eigenvalue weighted by molar-refractivity contribution is 9.10. The Morgan fingerprint density at radius 3 is 2.61 bits per heavy atom. The van der Waals surface area contributed by atoms with Gasteiger partial charge in [-0.1, -0.05) is 65.3 Å². The summed E-state index contributed by atoms with van der Waals surface area (Å²) in [5.41, 5.74) is 5.95. The van der Waals surface area contributed by atoms with Crippen molar-refractivity contribution in [3.05, 3.63) is 97.1 Å². The van der Waals surface area contributed by atoms with E-state index in [9.17, 15) is 4.79 Å². The van der Waals surface area contributed by atoms with Crippen LogP contribution in [0.5, 0.6) is 11.5 Å². The van der Waals surface area contributed by atoms with E-state index in [2.05, 4.69) is 49.4 Å². The fraction of sp³-hybridized carbons (Fsp3) is 0.303. The predicted octanol–water partition coefficient (Wildman–Crippen LogP) is 8.83. The number of halogens is 2. The van der Waals surface area contributed by atoms with Gasteiger partial charge in [0.2, 0.25) is 11.1 Å². The van der Waals surface area contributed by atoms with Crippen molar-refractivity contribution in [1.29, 1.82) is 0 Å². The van der Waals surface area contributed by atoms with Crippen LogP contribution in [0.1, 0.15) is 55.0 Å². The van der Waals surface area contributed by atoms with Gasteiger partial charge in [-0.2, -0.15) is 4.98 Å². The van der Waals surface area contributed by atoms with Gasteiger partial charge in [-0.25, -0.2) is 4.68 Å². The van der Waals surface area contributed by atoms with E-state index in [0.717, 1.165) is 51.0 Å². The molecule has 5 rings (SSSR count). The minimum Gasteiger partial charge on any atom is -0.493 e. The summed E-state index contributed by atoms with van der Waals surface area (Å²) in [6.07, 6.45) is 2.16. The maximum Gasteiger partial charge on any atom is 0.255 e. The van der Waals surface area contributed by atoms with Gasteiger partial charge >= 0.3 is 0 Å². The minimum atomic E-state index is -0.574. The first-order valence-corrected chi connectivity index (χ1v) is 17.0. The Labute approximate surface area is 279 Å². The number of aryl methyl sites for hydroxylation is 1. The van der Waals surface area contributed by atoms with Crippen molar-refractivity contribution < 1.29 is 14.3 Å². The van der Waals surface area contributed by atoms with Crippen LogP contribution in [-0.4, -0.2) is 33.5 Å². The van der Waals surface area contributed by atoms with E-state index in [1.165, 1.54) is 0 Å². The minimum absolute atomic E-state index is 0.222. The van der Waals surface area contributed by atoms with Crippen LogP contribution >= 0.6 is 43.6 Å². The lowest BCUT2D eigenvalue weighted by molar-refractivity contribution is -0.113. The summed E-state index contributed by atoms with van der Waals surface area (Å²) in [5.74, 6) is 2.39. The van der Waals surface area contributed by atoms with E-state index in [4.69, 9.17) is 19.6 Å². The highest BCUT2D eigenvalue weighted by Crippen LogP contribution is 2.43. The molecule has 2 N–H and O–H groups in total. The summed E-state index contributed by atoms with van der Waals surface area (Å²) in [5, 5.41) is 12.0. The molecule has 4 aromatic rings. The smallest absolute Gasteiger partial charge is 0.255 e. The van der Waals surface area contributed by atoms with Gasteiger partial charge in [-0.3, -0.25) is 4.79 Å². The molecular formula is C33H35Br2N5O3S. The zero-order valence-corrected chi connectivity index (χ0v) is 29.3. The van der Waals surface area contributed by atoms with Crippen molar-refractivity contribution in [3.63, 3.8) is 0 Å². The van der Waals surface area contributed by atoms with Crippen LogP contribution in [0.3, 0.4) is 0 Å². The number of methoxy groups -OCH3 is 1. The van der Waals surface area contributed by atoms with Crippen LogP contribution in [-0.2, 0) is 11.4 Å². The fourth-order valence-corrected chi connectivity index (χ4v) is 6.70. The SMILES string of the molecule is CCCCSc1nc2n(n1)C(c1cc(Br)c(OCc3ccc(Br)cc3)c(OC)c1)C(C(=O)Nc1cccc(C)c1C)=C(C)N2. The number of nitrogens with one attached hydrogen (secondary N) is 2. The van der Waals surface area contributed by atoms with Crippen LogP contribution in [0.25, 0.3) is 0 Å². The number of allylic oxidation sites excluding steroid dienone is 1. The van der Waals surface area contributed by atoms with Crippen LogP contribution in [0.4, 0.5) is 11.6 Å². The zero-order valence-electron chi connectivity index (χ0n) is 25.3. The van der Waals surface area contributed by atoms with Gasteiger partial charge in [-0.15, -0.1) is 5.10 Å². The molecule has 0 saturated heterocycles. The van der Waals surface area contributed by atoms with E-state index >= 15 is 0 Å². The Bertz CT molecular complexity index is 1700. The van der Waals surface area contributed by atoms with Crippen molar-refractivity contribution in [2.45, 2.75) is 58.3 Å². The second-order valence-electron chi connectivity index (χ2n) is 10.6. The monoisotopic (exact) mass is 739 g/mol. The number of unbranched alkanes of at least 4 members (excludes halogenated alkanes) is 1. The predicted molar refractivity (Wildman–Crippen MR) is 184 cm³/mol. The topological polar surface area (TPSA) is 90.3 Å². The number of carbonyl (C=O) groups excluding carboxylic acids is 1. The van der Waals surface area contributed by atoms with Crippen LogP contribution in [0.15, 0.2) is 80.0 Å². The standard InChI is InChI=1S/C33H35Br2N5O3S/c1-6-7-15-44-33-38-32-36-21(4)28(31(41)37-26-10-8-9-19(2)20(26)3)29(40(32)39-33)23-16-25(35)30(27(17-23)42-5)43-18-22-11-13-24(34)14-12-22/h8-14,16-17,29H,6-7,15,18H2,1-5H3,(H,37,41)(H,36,38,39). The van der Waals surface area contributed by atoms with Gasteiger partial charge in [0.25, 0.3) is 5.91 Å². The second kappa shape index (κ2) is 14.2. The highest BCUT2D eigenvalue weighted by Gasteiger charge is 2.35. The normalized spacial score (nSPS) is 14.2. The summed E-state index contributed by atoms with van der Waals surface area (Å²) < 4.78 is 15.6. The quantitative estimate of drug-likeness (QED) is 0.117. The number of nitrogens with zero attached hydrogens (tertiary/aromatic N) is 3. The molecule has 0 fully saturated rings. The van der Waals surface area contributed by atoms with E-state index in [0.29, 0.717) is 45.0 Å². The summed E-state index contributed by atoms with van der Waals surface area (Å²) in [7, 11) is 1.61. The molecule has 0 aliphatic carbocycles. The van der Waals surface area contributed by atoms with E-state index in [1.54, 1.807) is 23.6 Å². The molecule has 1 aromatic heterocycles. The Hall–Kier alpha value is -3.28. The molecule has 2 heterocycles. The fourth-order valence-electron chi connectivity index (χ4n) is 4.95. The van der Waals surface area contributed by atoms with E-state index < -0.39 is 6.04 Å². The number of hydrogen-bond acceptors (Lipinski definition) is 7. The summed E-state index contributed by atoms with van der Waals surface area (Å²) >= 11 is 8.82. The van der Waals surface area contributed by atoms with Gasteiger partial charge in [-0.05, 0) is 95.7 Å². The van der Waals surface area contributed by atoms with E-state index in [1.807, 2.05) is 75.4 Å². The Kier molecular flexibility index (Phi) is 10.4. The van der Waals surface area contributed by atoms with Gasteiger partial charge in [0.1, 0.15) is 12.6 Å². The molecule has 1 aliphatic rings. The van der Waals surface area contributed by atoms with E-state index in [-0.39, 0.29) is 5.91 Å². The maximum atomic E-state index is 14.1. The van der Waals surface area contributed by atoms with Crippen molar-refractivity contribution in [1.82, 2.24) is 14.8 Å². The van der Waals surface area contributed by atoms with Crippen LogP contribution in [0.2, 0.25) is 0 Å². The van der Waals surface area contributed by atoms with Gasteiger partial charge in [0, 0.05) is 21.6 Å². The van der Waals surface area contributed by atoms with Crippen LogP contribution < -0.4 is 20.1 Å². The average Bonchev–Trinajstić information content (AvgIpc) is 3.40. The third kappa shape index (κ3) is 7.00. The Balaban J connectivity index is 1.55. The lowest BCUT2D eigenvalue weighted by Crippen LogP contribution is -2.31. The first-order chi connectivity index (χ1) is 21.2. The maximum absolute atomic E-state index is 14.1. The molecule has 230 valence electrons. The third-order valence-corrected chi connectivity index (χ3v) is 9.57. The molecule has 0 radical (unpaired) electrons. The highest BCUT2D eigenvalue weighted by atomic mass is 79.9. The Morgan fingerprint density at radius 2 is 1.89 bits per heavy atom. The number of rotatable bonds is 11. The lowest BCUT2D eigenvalue weighted by Gasteiger charge is -2.29. The molecule has 11 heteroatoms. The number of carbonyl (C=O) groups is 1.